The summed E-state index contributed by atoms with van der Waals surface area (Å²) in [5.41, 5.74) is 1.35. The molecule has 1 aromatic carbocycles. The molecule has 2 rings (SSSR count). The molecule has 0 unspecified atom stereocenters. The number of fused-ring (bicyclic) bond motifs is 1. The van der Waals surface area contributed by atoms with Gasteiger partial charge in [-0.25, -0.2) is 4.79 Å². The average molecular weight is 176 g/mol. The molecule has 0 bridgehead atoms. The van der Waals surface area contributed by atoms with Crippen LogP contribution in [0.25, 0.3) is 0 Å². The lowest BCUT2D eigenvalue weighted by Crippen LogP contribution is -2.25. The Kier molecular flexibility index (Phi) is 1.70. The van der Waals surface area contributed by atoms with Crippen molar-refractivity contribution in [2.24, 2.45) is 10.3 Å². The Morgan fingerprint density at radius 2 is 2.15 bits per heavy atom. The van der Waals surface area contributed by atoms with E-state index in [4.69, 9.17) is 0 Å². The quantitative estimate of drug-likeness (QED) is 0.647. The van der Waals surface area contributed by atoms with Gasteiger partial charge >= 0.3 is 6.03 Å². The Balaban J connectivity index is 2.46. The molecule has 0 radical (unpaired) electrons. The summed E-state index contributed by atoms with van der Waals surface area (Å²) in [7, 11) is 1.55. The van der Waals surface area contributed by atoms with Crippen LogP contribution in [-0.2, 0) is 0 Å². The molecule has 66 valence electrons. The molecule has 0 saturated carbocycles. The highest BCUT2D eigenvalue weighted by Crippen LogP contribution is 2.26. The van der Waals surface area contributed by atoms with Crippen LogP contribution < -0.4 is 5.32 Å². The first kappa shape index (κ1) is 7.72. The van der Waals surface area contributed by atoms with Crippen LogP contribution in [0.3, 0.4) is 0 Å². The molecule has 0 spiro atoms. The van der Waals surface area contributed by atoms with Crippen molar-refractivity contribution in [1.29, 1.82) is 0 Å². The maximum Gasteiger partial charge on any atom is 0.343 e. The van der Waals surface area contributed by atoms with Gasteiger partial charge in [-0.15, -0.1) is 5.11 Å². The fraction of sp³-hybridized carbons (Fsp3) is 0.125. The van der Waals surface area contributed by atoms with Gasteiger partial charge in [0.05, 0.1) is 5.69 Å². The predicted molar refractivity (Wildman–Crippen MR) is 47.7 cm³/mol. The summed E-state index contributed by atoms with van der Waals surface area (Å²) in [5, 5.41) is 11.4. The molecule has 1 aromatic rings. The van der Waals surface area contributed by atoms with Crippen molar-refractivity contribution in [2.75, 3.05) is 12.4 Å². The molecule has 1 aliphatic rings. The van der Waals surface area contributed by atoms with E-state index >= 15 is 0 Å². The molecular formula is C8H8N4O. The standard InChI is InChI=1S/C8H8N4O/c1-12-8(13)9-6-4-2-3-5-7(6)10-11-12/h2-5H,1H3,(H,9,13). The van der Waals surface area contributed by atoms with E-state index < -0.39 is 0 Å². The molecule has 1 N–H and O–H groups in total. The topological polar surface area (TPSA) is 57.1 Å². The third kappa shape index (κ3) is 1.35. The third-order valence-electron chi connectivity index (χ3n) is 1.73. The smallest absolute Gasteiger partial charge is 0.304 e. The number of nitrogens with zero attached hydrogens (tertiary/aromatic N) is 3. The Bertz CT molecular complexity index is 374. The van der Waals surface area contributed by atoms with Gasteiger partial charge in [0.1, 0.15) is 5.69 Å². The zero-order valence-corrected chi connectivity index (χ0v) is 7.06. The number of rotatable bonds is 0. The van der Waals surface area contributed by atoms with E-state index in [2.05, 4.69) is 15.7 Å². The number of urea groups is 1. The van der Waals surface area contributed by atoms with Crippen molar-refractivity contribution >= 4 is 17.4 Å². The van der Waals surface area contributed by atoms with Gasteiger partial charge in [0.2, 0.25) is 0 Å². The second-order valence-corrected chi connectivity index (χ2v) is 2.66. The van der Waals surface area contributed by atoms with Crippen LogP contribution in [0, 0.1) is 0 Å². The summed E-state index contributed by atoms with van der Waals surface area (Å²) >= 11 is 0. The van der Waals surface area contributed by atoms with Crippen molar-refractivity contribution in [1.82, 2.24) is 5.01 Å². The van der Waals surface area contributed by atoms with Gasteiger partial charge in [-0.2, -0.15) is 5.01 Å². The lowest BCUT2D eigenvalue weighted by atomic mass is 10.3. The van der Waals surface area contributed by atoms with Gasteiger partial charge in [0.15, 0.2) is 0 Å². The fourth-order valence-corrected chi connectivity index (χ4v) is 1.02. The van der Waals surface area contributed by atoms with Gasteiger partial charge in [-0.3, -0.25) is 0 Å². The number of hydrogen-bond donors (Lipinski definition) is 1. The number of nitrogens with one attached hydrogen (secondary N) is 1. The first-order valence-corrected chi connectivity index (χ1v) is 3.83. The maximum atomic E-state index is 11.2. The number of hydrogen-bond acceptors (Lipinski definition) is 3. The molecular weight excluding hydrogens is 168 g/mol. The van der Waals surface area contributed by atoms with Crippen LogP contribution in [0.2, 0.25) is 0 Å². The minimum absolute atomic E-state index is 0.284. The minimum Gasteiger partial charge on any atom is -0.304 e. The molecule has 0 aliphatic carbocycles. The van der Waals surface area contributed by atoms with E-state index in [9.17, 15) is 4.79 Å². The Morgan fingerprint density at radius 1 is 1.38 bits per heavy atom. The van der Waals surface area contributed by atoms with Gasteiger partial charge in [0, 0.05) is 7.05 Å². The first-order chi connectivity index (χ1) is 6.27. The van der Waals surface area contributed by atoms with Gasteiger partial charge in [0.25, 0.3) is 0 Å². The van der Waals surface area contributed by atoms with E-state index in [0.717, 1.165) is 5.01 Å². The number of benzene rings is 1. The lowest BCUT2D eigenvalue weighted by Gasteiger charge is -2.06. The van der Waals surface area contributed by atoms with Crippen LogP contribution >= 0.6 is 0 Å². The monoisotopic (exact) mass is 176 g/mol. The summed E-state index contributed by atoms with van der Waals surface area (Å²) < 4.78 is 0. The fourth-order valence-electron chi connectivity index (χ4n) is 1.02. The minimum atomic E-state index is -0.284. The Hall–Kier alpha value is -1.91. The highest BCUT2D eigenvalue weighted by molar-refractivity contribution is 5.92. The van der Waals surface area contributed by atoms with E-state index in [1.54, 1.807) is 19.2 Å². The molecule has 5 heteroatoms. The van der Waals surface area contributed by atoms with Crippen molar-refractivity contribution in [2.45, 2.75) is 0 Å². The van der Waals surface area contributed by atoms with Crippen molar-refractivity contribution in [3.8, 4) is 0 Å². The normalized spacial score (nSPS) is 14.8. The molecule has 0 fully saturated rings. The SMILES string of the molecule is CN1N=Nc2ccccc2NC1=O. The van der Waals surface area contributed by atoms with Gasteiger partial charge in [-0.05, 0) is 12.1 Å². The average Bonchev–Trinajstić information content (AvgIpc) is 2.28. The Morgan fingerprint density at radius 3 is 3.00 bits per heavy atom. The van der Waals surface area contributed by atoms with Crippen LogP contribution in [0.5, 0.6) is 0 Å². The molecule has 2 amide bonds. The maximum absolute atomic E-state index is 11.2. The summed E-state index contributed by atoms with van der Waals surface area (Å²) in [5.74, 6) is 0. The van der Waals surface area contributed by atoms with Crippen molar-refractivity contribution < 1.29 is 4.79 Å². The predicted octanol–water partition coefficient (Wildman–Crippen LogP) is 2.16. The molecule has 13 heavy (non-hydrogen) atoms. The molecule has 0 aromatic heterocycles. The molecule has 1 aliphatic heterocycles. The second-order valence-electron chi connectivity index (χ2n) is 2.66. The zero-order chi connectivity index (χ0) is 9.26. The largest absolute Gasteiger partial charge is 0.343 e. The molecule has 0 atom stereocenters. The molecule has 5 nitrogen and oxygen atoms in total. The summed E-state index contributed by atoms with van der Waals surface area (Å²) in [4.78, 5) is 11.2. The Labute approximate surface area is 75.0 Å². The van der Waals surface area contributed by atoms with E-state index in [0.29, 0.717) is 11.4 Å². The zero-order valence-electron chi connectivity index (χ0n) is 7.06. The summed E-state index contributed by atoms with van der Waals surface area (Å²) in [6.45, 7) is 0. The van der Waals surface area contributed by atoms with Crippen molar-refractivity contribution in [3.05, 3.63) is 24.3 Å². The number of para-hydroxylation sites is 1. The number of anilines is 1. The van der Waals surface area contributed by atoms with Gasteiger partial charge < -0.3 is 5.32 Å². The molecule has 0 saturated heterocycles. The van der Waals surface area contributed by atoms with E-state index in [1.807, 2.05) is 12.1 Å². The number of carbonyl (C=O) groups excluding carboxylic acids is 1. The number of amides is 2. The lowest BCUT2D eigenvalue weighted by molar-refractivity contribution is 0.222. The van der Waals surface area contributed by atoms with Crippen LogP contribution in [0.1, 0.15) is 0 Å². The van der Waals surface area contributed by atoms with Crippen molar-refractivity contribution in [3.63, 3.8) is 0 Å². The summed E-state index contributed by atoms with van der Waals surface area (Å²) in [6, 6.07) is 6.97. The van der Waals surface area contributed by atoms with E-state index in [-0.39, 0.29) is 6.03 Å². The van der Waals surface area contributed by atoms with Gasteiger partial charge in [-0.1, -0.05) is 17.4 Å². The van der Waals surface area contributed by atoms with Crippen LogP contribution in [-0.4, -0.2) is 18.1 Å². The first-order valence-electron chi connectivity index (χ1n) is 3.83. The third-order valence-corrected chi connectivity index (χ3v) is 1.73. The highest BCUT2D eigenvalue weighted by atomic mass is 16.2. The number of carbonyl (C=O) groups is 1. The second kappa shape index (κ2) is 2.85. The molecule has 1 heterocycles. The van der Waals surface area contributed by atoms with E-state index in [1.165, 1.54) is 0 Å². The highest BCUT2D eigenvalue weighted by Gasteiger charge is 2.13. The van der Waals surface area contributed by atoms with Crippen LogP contribution in [0.15, 0.2) is 34.6 Å². The van der Waals surface area contributed by atoms with Crippen LogP contribution in [0.4, 0.5) is 16.2 Å². The summed E-state index contributed by atoms with van der Waals surface area (Å²) in [6.07, 6.45) is 0.